The van der Waals surface area contributed by atoms with Crippen LogP contribution in [0.15, 0.2) is 52.8 Å². The quantitative estimate of drug-likeness (QED) is 0.598. The molecule has 0 bridgehead atoms. The molecule has 30 heavy (non-hydrogen) atoms. The third kappa shape index (κ3) is 4.05. The van der Waals surface area contributed by atoms with Gasteiger partial charge >= 0.3 is 0 Å². The molecule has 1 aliphatic rings. The average molecular weight is 465 g/mol. The SMILES string of the molecule is CN1C=NC(C)(c2cc(Nc3nc(-c4ccc(Cl)cc4)cs3)ccc2F)CS1(=O)=O. The molecule has 4 rings (SSSR count). The highest BCUT2D eigenvalue weighted by atomic mass is 35.5. The lowest BCUT2D eigenvalue weighted by Gasteiger charge is -2.32. The van der Waals surface area contributed by atoms with Crippen LogP contribution in [-0.4, -0.2) is 36.8 Å². The zero-order chi connectivity index (χ0) is 21.5. The van der Waals surface area contributed by atoms with Crippen molar-refractivity contribution < 1.29 is 12.8 Å². The second-order valence-electron chi connectivity index (χ2n) is 7.16. The molecule has 1 aliphatic heterocycles. The molecule has 0 saturated carbocycles. The van der Waals surface area contributed by atoms with Gasteiger partial charge in [0.05, 0.1) is 17.8 Å². The molecule has 1 atom stereocenters. The highest BCUT2D eigenvalue weighted by Crippen LogP contribution is 2.35. The van der Waals surface area contributed by atoms with Crippen LogP contribution in [0.1, 0.15) is 12.5 Å². The summed E-state index contributed by atoms with van der Waals surface area (Å²) in [4.78, 5) is 8.86. The molecule has 2 heterocycles. The lowest BCUT2D eigenvalue weighted by molar-refractivity contribution is 0.465. The predicted octanol–water partition coefficient (Wildman–Crippen LogP) is 4.86. The molecule has 6 nitrogen and oxygen atoms in total. The number of nitrogens with one attached hydrogen (secondary N) is 1. The van der Waals surface area contributed by atoms with Gasteiger partial charge in [0.2, 0.25) is 10.0 Å². The monoisotopic (exact) mass is 464 g/mol. The van der Waals surface area contributed by atoms with Crippen LogP contribution in [0.4, 0.5) is 15.2 Å². The molecule has 0 aliphatic carbocycles. The van der Waals surface area contributed by atoms with Gasteiger partial charge in [-0.15, -0.1) is 11.3 Å². The van der Waals surface area contributed by atoms with E-state index in [4.69, 9.17) is 11.6 Å². The Hall–Kier alpha value is -2.49. The number of anilines is 2. The van der Waals surface area contributed by atoms with Gasteiger partial charge in [-0.2, -0.15) is 0 Å². The molecular formula is C20H18ClFN4O2S2. The van der Waals surface area contributed by atoms with Crippen molar-refractivity contribution in [1.29, 1.82) is 0 Å². The van der Waals surface area contributed by atoms with Crippen molar-refractivity contribution in [2.45, 2.75) is 12.5 Å². The molecule has 0 saturated heterocycles. The topological polar surface area (TPSA) is 74.7 Å². The summed E-state index contributed by atoms with van der Waals surface area (Å²) >= 11 is 7.34. The summed E-state index contributed by atoms with van der Waals surface area (Å²) in [7, 11) is -2.15. The van der Waals surface area contributed by atoms with Crippen LogP contribution in [-0.2, 0) is 15.6 Å². The minimum absolute atomic E-state index is 0.204. The van der Waals surface area contributed by atoms with Crippen molar-refractivity contribution in [3.8, 4) is 11.3 Å². The highest BCUT2D eigenvalue weighted by Gasteiger charge is 2.39. The smallest absolute Gasteiger partial charge is 0.238 e. The van der Waals surface area contributed by atoms with Gasteiger partial charge in [-0.1, -0.05) is 23.7 Å². The maximum absolute atomic E-state index is 14.6. The molecule has 10 heteroatoms. The number of hydrogen-bond acceptors (Lipinski definition) is 6. The maximum Gasteiger partial charge on any atom is 0.238 e. The fourth-order valence-corrected chi connectivity index (χ4v) is 5.35. The van der Waals surface area contributed by atoms with Crippen molar-refractivity contribution >= 4 is 50.1 Å². The highest BCUT2D eigenvalue weighted by molar-refractivity contribution is 7.89. The number of halogens is 2. The van der Waals surface area contributed by atoms with Gasteiger partial charge < -0.3 is 5.32 Å². The number of rotatable bonds is 4. The summed E-state index contributed by atoms with van der Waals surface area (Å²) in [6.07, 6.45) is 1.22. The zero-order valence-electron chi connectivity index (χ0n) is 16.1. The van der Waals surface area contributed by atoms with Crippen LogP contribution in [0.3, 0.4) is 0 Å². The van der Waals surface area contributed by atoms with Crippen molar-refractivity contribution in [2.24, 2.45) is 4.99 Å². The summed E-state index contributed by atoms with van der Waals surface area (Å²) in [5.74, 6) is -0.827. The van der Waals surface area contributed by atoms with E-state index in [0.717, 1.165) is 15.6 Å². The Morgan fingerprint density at radius 1 is 1.23 bits per heavy atom. The molecule has 3 aromatic rings. The van der Waals surface area contributed by atoms with Crippen LogP contribution < -0.4 is 5.32 Å². The molecular weight excluding hydrogens is 447 g/mol. The largest absolute Gasteiger partial charge is 0.332 e. The van der Waals surface area contributed by atoms with Crippen LogP contribution in [0.25, 0.3) is 11.3 Å². The van der Waals surface area contributed by atoms with Gasteiger partial charge in [-0.3, -0.25) is 9.30 Å². The van der Waals surface area contributed by atoms with Crippen LogP contribution >= 0.6 is 22.9 Å². The van der Waals surface area contributed by atoms with Gasteiger partial charge in [0.25, 0.3) is 0 Å². The summed E-state index contributed by atoms with van der Waals surface area (Å²) < 4.78 is 40.2. The van der Waals surface area contributed by atoms with E-state index in [9.17, 15) is 12.8 Å². The van der Waals surface area contributed by atoms with E-state index < -0.39 is 21.4 Å². The molecule has 0 radical (unpaired) electrons. The minimum Gasteiger partial charge on any atom is -0.332 e. The van der Waals surface area contributed by atoms with Crippen molar-refractivity contribution in [2.75, 3.05) is 18.1 Å². The van der Waals surface area contributed by atoms with Gasteiger partial charge in [0.15, 0.2) is 5.13 Å². The van der Waals surface area contributed by atoms with Crippen LogP contribution in [0.2, 0.25) is 5.02 Å². The Bertz CT molecular complexity index is 1230. The molecule has 0 amide bonds. The van der Waals surface area contributed by atoms with Gasteiger partial charge in [0.1, 0.15) is 11.4 Å². The first kappa shape index (κ1) is 20.8. The second kappa shape index (κ2) is 7.64. The van der Waals surface area contributed by atoms with Crippen molar-refractivity contribution in [1.82, 2.24) is 9.29 Å². The first-order valence-electron chi connectivity index (χ1n) is 8.96. The van der Waals surface area contributed by atoms with Crippen molar-refractivity contribution in [3.05, 3.63) is 64.2 Å². The summed E-state index contributed by atoms with van der Waals surface area (Å²) in [6.45, 7) is 1.61. The van der Waals surface area contributed by atoms with Crippen LogP contribution in [0, 0.1) is 5.82 Å². The molecule has 156 valence electrons. The Balaban J connectivity index is 1.62. The standard InChI is InChI=1S/C20H18ClFN4O2S2/c1-20(11-30(27,28)26(2)12-23-20)16-9-15(7-8-17(16)22)24-19-25-18(10-29-19)13-3-5-14(21)6-4-13/h3-10,12H,11H2,1-2H3,(H,24,25). The normalized spacial score (nSPS) is 20.3. The number of sulfonamides is 1. The number of hydrogen-bond donors (Lipinski definition) is 1. The zero-order valence-corrected chi connectivity index (χ0v) is 18.5. The van der Waals surface area contributed by atoms with E-state index >= 15 is 0 Å². The lowest BCUT2D eigenvalue weighted by atomic mass is 9.93. The Kier molecular flexibility index (Phi) is 5.29. The maximum atomic E-state index is 14.6. The summed E-state index contributed by atoms with van der Waals surface area (Å²) in [6, 6.07) is 11.8. The van der Waals surface area contributed by atoms with E-state index in [0.29, 0.717) is 15.8 Å². The lowest BCUT2D eigenvalue weighted by Crippen LogP contribution is -2.43. The fraction of sp³-hybridized carbons (Fsp3) is 0.200. The van der Waals surface area contributed by atoms with Crippen molar-refractivity contribution in [3.63, 3.8) is 0 Å². The molecule has 1 unspecified atom stereocenters. The minimum atomic E-state index is -3.56. The number of aromatic nitrogens is 1. The molecule has 1 aromatic heterocycles. The first-order chi connectivity index (χ1) is 14.2. The van der Waals surface area contributed by atoms with E-state index in [-0.39, 0.29) is 11.3 Å². The molecule has 0 fully saturated rings. The number of aliphatic imine (C=N–C) groups is 1. The molecule has 0 spiro atoms. The molecule has 2 aromatic carbocycles. The average Bonchev–Trinajstić information content (AvgIpc) is 3.15. The summed E-state index contributed by atoms with van der Waals surface area (Å²) in [5, 5.41) is 6.35. The van der Waals surface area contributed by atoms with Gasteiger partial charge in [-0.25, -0.2) is 17.8 Å². The van der Waals surface area contributed by atoms with E-state index in [2.05, 4.69) is 15.3 Å². The number of thiazole rings is 1. The van der Waals surface area contributed by atoms with Gasteiger partial charge in [0, 0.05) is 34.3 Å². The predicted molar refractivity (Wildman–Crippen MR) is 120 cm³/mol. The third-order valence-electron chi connectivity index (χ3n) is 4.85. The van der Waals surface area contributed by atoms with E-state index in [1.807, 2.05) is 17.5 Å². The Morgan fingerprint density at radius 3 is 2.67 bits per heavy atom. The second-order valence-corrected chi connectivity index (χ2v) is 10.5. The Labute approximate surface area is 183 Å². The number of nitrogens with zero attached hydrogens (tertiary/aromatic N) is 3. The fourth-order valence-electron chi connectivity index (χ4n) is 3.15. The first-order valence-corrected chi connectivity index (χ1v) is 11.8. The number of benzene rings is 2. The van der Waals surface area contributed by atoms with E-state index in [1.54, 1.807) is 31.2 Å². The Morgan fingerprint density at radius 2 is 1.97 bits per heavy atom. The van der Waals surface area contributed by atoms with E-state index in [1.165, 1.54) is 30.8 Å². The van der Waals surface area contributed by atoms with Crippen LogP contribution in [0.5, 0.6) is 0 Å². The summed E-state index contributed by atoms with van der Waals surface area (Å²) in [5.41, 5.74) is 1.30. The van der Waals surface area contributed by atoms with Gasteiger partial charge in [-0.05, 0) is 37.3 Å². The molecule has 1 N–H and O–H groups in total. The third-order valence-corrected chi connectivity index (χ3v) is 7.76.